The maximum Gasteiger partial charge on any atom is 0.276 e. The summed E-state index contributed by atoms with van der Waals surface area (Å²) in [5, 5.41) is 19.1. The van der Waals surface area contributed by atoms with Gasteiger partial charge in [0, 0.05) is 24.2 Å². The molecule has 12 heteroatoms. The first kappa shape index (κ1) is 17.6. The highest BCUT2D eigenvalue weighted by molar-refractivity contribution is 7.89. The second-order valence-electron chi connectivity index (χ2n) is 5.21. The van der Waals surface area contributed by atoms with Crippen molar-refractivity contribution in [3.05, 3.63) is 27.8 Å². The van der Waals surface area contributed by atoms with Crippen molar-refractivity contribution < 1.29 is 25.9 Å². The number of nitrogens with two attached hydrogens (primary N) is 1. The fourth-order valence-corrected chi connectivity index (χ4v) is 3.28. The zero-order valence-corrected chi connectivity index (χ0v) is 13.7. The number of fused-ring (bicyclic) bond motifs is 1. The molecule has 1 heterocycles. The second kappa shape index (κ2) is 6.03. The highest BCUT2D eigenvalue weighted by Crippen LogP contribution is 2.35. The zero-order valence-electron chi connectivity index (χ0n) is 12.1. The molecule has 0 amide bonds. The molecule has 0 saturated heterocycles. The Bertz CT molecular complexity index is 849. The van der Waals surface area contributed by atoms with E-state index in [9.17, 15) is 26.9 Å². The second-order valence-corrected chi connectivity index (χ2v) is 8.42. The Hall–Kier alpha value is -1.76. The van der Waals surface area contributed by atoms with E-state index in [-0.39, 0.29) is 41.6 Å². The number of sulfonamides is 1. The Morgan fingerprint density at radius 2 is 2.04 bits per heavy atom. The molecule has 1 aromatic carbocycles. The van der Waals surface area contributed by atoms with Crippen molar-refractivity contribution in [2.24, 2.45) is 11.1 Å². The van der Waals surface area contributed by atoms with Gasteiger partial charge < -0.3 is 5.32 Å². The van der Waals surface area contributed by atoms with Crippen molar-refractivity contribution in [1.29, 1.82) is 0 Å². The SMILES string of the molecule is CS(=O)(=O)OC[C@@H]1CNc2cc(S(N)(=O)=O)cc([N+](=O)[O-])c2C1. The van der Waals surface area contributed by atoms with E-state index in [1.807, 2.05) is 0 Å². The summed E-state index contributed by atoms with van der Waals surface area (Å²) < 4.78 is 49.6. The van der Waals surface area contributed by atoms with Gasteiger partial charge in [-0.25, -0.2) is 13.6 Å². The quantitative estimate of drug-likeness (QED) is 0.412. The van der Waals surface area contributed by atoms with Gasteiger partial charge in [-0.2, -0.15) is 8.42 Å². The monoisotopic (exact) mass is 365 g/mol. The Kier molecular flexibility index (Phi) is 4.61. The van der Waals surface area contributed by atoms with Crippen molar-refractivity contribution >= 4 is 31.5 Å². The van der Waals surface area contributed by atoms with Crippen LogP contribution in [0.5, 0.6) is 0 Å². The average molecular weight is 365 g/mol. The average Bonchev–Trinajstić information content (AvgIpc) is 2.41. The van der Waals surface area contributed by atoms with E-state index in [2.05, 4.69) is 5.32 Å². The first-order valence-electron chi connectivity index (χ1n) is 6.40. The van der Waals surface area contributed by atoms with E-state index in [1.165, 1.54) is 6.07 Å². The van der Waals surface area contributed by atoms with Crippen LogP contribution in [0.25, 0.3) is 0 Å². The Balaban J connectivity index is 2.37. The maximum absolute atomic E-state index is 11.4. The summed E-state index contributed by atoms with van der Waals surface area (Å²) in [5.41, 5.74) is 0.192. The summed E-state index contributed by atoms with van der Waals surface area (Å²) in [7, 11) is -7.69. The minimum atomic E-state index is -4.08. The summed E-state index contributed by atoms with van der Waals surface area (Å²) in [6.45, 7) is 0.160. The molecule has 3 N–H and O–H groups in total. The minimum absolute atomic E-state index is 0.126. The smallest absolute Gasteiger partial charge is 0.276 e. The van der Waals surface area contributed by atoms with Gasteiger partial charge in [0.1, 0.15) is 0 Å². The number of hydrogen-bond donors (Lipinski definition) is 2. The van der Waals surface area contributed by atoms with Crippen molar-refractivity contribution in [1.82, 2.24) is 0 Å². The van der Waals surface area contributed by atoms with Gasteiger partial charge in [0.2, 0.25) is 10.0 Å². The van der Waals surface area contributed by atoms with Gasteiger partial charge in [-0.05, 0) is 12.5 Å². The topological polar surface area (TPSA) is 159 Å². The molecule has 0 saturated carbocycles. The molecule has 0 radical (unpaired) electrons. The normalized spacial score (nSPS) is 18.1. The molecular formula is C11H15N3O7S2. The maximum atomic E-state index is 11.4. The highest BCUT2D eigenvalue weighted by atomic mass is 32.2. The number of nitro benzene ring substituents is 1. The highest BCUT2D eigenvalue weighted by Gasteiger charge is 2.29. The molecule has 0 fully saturated rings. The number of anilines is 1. The van der Waals surface area contributed by atoms with Crippen LogP contribution in [0.4, 0.5) is 11.4 Å². The number of hydrogen-bond acceptors (Lipinski definition) is 8. The van der Waals surface area contributed by atoms with Crippen LogP contribution >= 0.6 is 0 Å². The van der Waals surface area contributed by atoms with Crippen LogP contribution in [-0.2, 0) is 30.7 Å². The summed E-state index contributed by atoms with van der Waals surface area (Å²) in [6.07, 6.45) is 1.09. The summed E-state index contributed by atoms with van der Waals surface area (Å²) in [6, 6.07) is 2.13. The molecule has 0 unspecified atom stereocenters. The fraction of sp³-hybridized carbons (Fsp3) is 0.455. The van der Waals surface area contributed by atoms with Crippen LogP contribution in [-0.4, -0.2) is 41.2 Å². The fourth-order valence-electron chi connectivity index (χ4n) is 2.28. The predicted molar refractivity (Wildman–Crippen MR) is 80.9 cm³/mol. The van der Waals surface area contributed by atoms with Crippen LogP contribution in [0.2, 0.25) is 0 Å². The Morgan fingerprint density at radius 1 is 1.39 bits per heavy atom. The standard InChI is InChI=1S/C11H15N3O7S2/c1-22(17,18)21-6-7-2-9-10(13-5-7)3-8(23(12,19)20)4-11(9)14(15)16/h3-4,7,13H,2,5-6H2,1H3,(H2,12,19,20)/t7-/m0/s1. The molecule has 2 rings (SSSR count). The van der Waals surface area contributed by atoms with E-state index < -0.39 is 25.1 Å². The number of rotatable bonds is 5. The Labute approximate surface area is 133 Å². The molecular weight excluding hydrogens is 350 g/mol. The largest absolute Gasteiger partial charge is 0.384 e. The Morgan fingerprint density at radius 3 is 2.57 bits per heavy atom. The van der Waals surface area contributed by atoms with Crippen LogP contribution in [0, 0.1) is 16.0 Å². The first-order chi connectivity index (χ1) is 10.5. The molecule has 10 nitrogen and oxygen atoms in total. The van der Waals surface area contributed by atoms with E-state index in [1.54, 1.807) is 0 Å². The molecule has 1 atom stereocenters. The lowest BCUT2D eigenvalue weighted by Gasteiger charge is -2.25. The van der Waals surface area contributed by atoms with Crippen molar-refractivity contribution in [2.45, 2.75) is 11.3 Å². The van der Waals surface area contributed by atoms with E-state index in [0.717, 1.165) is 12.3 Å². The van der Waals surface area contributed by atoms with Gasteiger partial charge in [-0.3, -0.25) is 14.3 Å². The molecule has 128 valence electrons. The van der Waals surface area contributed by atoms with Gasteiger partial charge in [-0.1, -0.05) is 0 Å². The summed E-state index contributed by atoms with van der Waals surface area (Å²) >= 11 is 0. The number of nitro groups is 1. The molecule has 1 aromatic rings. The molecule has 0 aliphatic carbocycles. The van der Waals surface area contributed by atoms with Gasteiger partial charge >= 0.3 is 0 Å². The van der Waals surface area contributed by atoms with Gasteiger partial charge in [0.05, 0.1) is 28.2 Å². The van der Waals surface area contributed by atoms with Gasteiger partial charge in [-0.15, -0.1) is 0 Å². The number of nitrogens with one attached hydrogen (secondary N) is 1. The molecule has 1 aliphatic rings. The molecule has 0 spiro atoms. The van der Waals surface area contributed by atoms with E-state index in [0.29, 0.717) is 5.69 Å². The number of nitrogens with zero attached hydrogens (tertiary/aromatic N) is 1. The third-order valence-electron chi connectivity index (χ3n) is 3.32. The molecule has 1 aliphatic heterocycles. The van der Waals surface area contributed by atoms with Gasteiger partial charge in [0.15, 0.2) is 0 Å². The lowest BCUT2D eigenvalue weighted by atomic mass is 9.93. The van der Waals surface area contributed by atoms with E-state index in [4.69, 9.17) is 9.32 Å². The van der Waals surface area contributed by atoms with Crippen LogP contribution in [0.15, 0.2) is 17.0 Å². The van der Waals surface area contributed by atoms with Gasteiger partial charge in [0.25, 0.3) is 15.8 Å². The van der Waals surface area contributed by atoms with Crippen LogP contribution in [0.3, 0.4) is 0 Å². The molecule has 0 bridgehead atoms. The minimum Gasteiger partial charge on any atom is -0.384 e. The third kappa shape index (κ3) is 4.37. The summed E-state index contributed by atoms with van der Waals surface area (Å²) in [4.78, 5) is 10.1. The lowest BCUT2D eigenvalue weighted by Crippen LogP contribution is -2.29. The molecule has 0 aromatic heterocycles. The predicted octanol–water partition coefficient (Wildman–Crippen LogP) is -0.197. The van der Waals surface area contributed by atoms with Crippen molar-refractivity contribution in [3.63, 3.8) is 0 Å². The summed E-state index contributed by atoms with van der Waals surface area (Å²) in [5.74, 6) is -0.309. The third-order valence-corrected chi connectivity index (χ3v) is 4.77. The van der Waals surface area contributed by atoms with E-state index >= 15 is 0 Å². The van der Waals surface area contributed by atoms with Crippen LogP contribution in [0.1, 0.15) is 5.56 Å². The number of benzene rings is 1. The molecule has 23 heavy (non-hydrogen) atoms. The zero-order chi connectivity index (χ0) is 17.4. The van der Waals surface area contributed by atoms with Crippen LogP contribution < -0.4 is 10.5 Å². The number of primary sulfonamides is 1. The first-order valence-corrected chi connectivity index (χ1v) is 9.76. The van der Waals surface area contributed by atoms with Crippen molar-refractivity contribution in [2.75, 3.05) is 24.7 Å². The van der Waals surface area contributed by atoms with Crippen molar-refractivity contribution in [3.8, 4) is 0 Å². The lowest BCUT2D eigenvalue weighted by molar-refractivity contribution is -0.385.